The van der Waals surface area contributed by atoms with Crippen LogP contribution < -0.4 is 4.72 Å². The average Bonchev–Trinajstić information content (AvgIpc) is 2.47. The minimum atomic E-state index is -4.89. The minimum Gasteiger partial charge on any atom is -0.478 e. The summed E-state index contributed by atoms with van der Waals surface area (Å²) in [5.74, 6) is -2.77. The van der Waals surface area contributed by atoms with E-state index in [-0.39, 0.29) is 0 Å². The summed E-state index contributed by atoms with van der Waals surface area (Å²) in [7, 11) is -4.56. The number of sulfonamides is 1. The number of hydrogen-bond acceptors (Lipinski definition) is 3. The third-order valence-corrected chi connectivity index (χ3v) is 4.53. The van der Waals surface area contributed by atoms with Crippen molar-refractivity contribution in [3.8, 4) is 0 Å². The van der Waals surface area contributed by atoms with Crippen LogP contribution in [0.25, 0.3) is 0 Å². The van der Waals surface area contributed by atoms with Gasteiger partial charge in [-0.15, -0.1) is 0 Å². The predicted molar refractivity (Wildman–Crippen MR) is 80.3 cm³/mol. The van der Waals surface area contributed by atoms with Crippen LogP contribution in [0.3, 0.4) is 0 Å². The van der Waals surface area contributed by atoms with E-state index in [2.05, 4.69) is 0 Å². The second-order valence-corrected chi connectivity index (χ2v) is 6.79. The molecule has 2 rings (SSSR count). The van der Waals surface area contributed by atoms with Gasteiger partial charge in [0.25, 0.3) is 10.0 Å². The molecule has 134 valence electrons. The molecule has 2 N–H and O–H groups in total. The van der Waals surface area contributed by atoms with Crippen LogP contribution in [0, 0.1) is 12.7 Å². The van der Waals surface area contributed by atoms with Crippen molar-refractivity contribution < 1.29 is 35.9 Å². The molecule has 0 saturated heterocycles. The highest BCUT2D eigenvalue weighted by Crippen LogP contribution is 2.32. The second-order valence-electron chi connectivity index (χ2n) is 5.14. The number of alkyl halides is 3. The lowest BCUT2D eigenvalue weighted by atomic mass is 10.1. The topological polar surface area (TPSA) is 83.5 Å². The fourth-order valence-electron chi connectivity index (χ4n) is 2.00. The lowest BCUT2D eigenvalue weighted by Crippen LogP contribution is -2.16. The first-order valence-electron chi connectivity index (χ1n) is 6.65. The maximum absolute atomic E-state index is 13.8. The Morgan fingerprint density at radius 2 is 1.76 bits per heavy atom. The molecular formula is C15H11F4NO4S. The van der Waals surface area contributed by atoms with E-state index >= 15 is 0 Å². The van der Waals surface area contributed by atoms with E-state index in [9.17, 15) is 30.8 Å². The molecule has 0 fully saturated rings. The van der Waals surface area contributed by atoms with Gasteiger partial charge in [0.15, 0.2) is 0 Å². The summed E-state index contributed by atoms with van der Waals surface area (Å²) in [6, 6.07) is 4.73. The van der Waals surface area contributed by atoms with E-state index < -0.39 is 49.7 Å². The Kier molecular flexibility index (Phi) is 4.76. The molecule has 0 amide bonds. The van der Waals surface area contributed by atoms with Gasteiger partial charge in [-0.2, -0.15) is 13.2 Å². The number of rotatable bonds is 4. The van der Waals surface area contributed by atoms with Gasteiger partial charge >= 0.3 is 12.1 Å². The average molecular weight is 377 g/mol. The van der Waals surface area contributed by atoms with Crippen LogP contribution in [0.15, 0.2) is 41.3 Å². The summed E-state index contributed by atoms with van der Waals surface area (Å²) >= 11 is 0. The Balaban J connectivity index is 2.53. The van der Waals surface area contributed by atoms with E-state index in [1.54, 1.807) is 4.72 Å². The van der Waals surface area contributed by atoms with E-state index in [0.717, 1.165) is 12.1 Å². The Hall–Kier alpha value is -2.62. The first-order chi connectivity index (χ1) is 11.4. The van der Waals surface area contributed by atoms with Crippen molar-refractivity contribution in [3.05, 3.63) is 58.9 Å². The van der Waals surface area contributed by atoms with Crippen molar-refractivity contribution in [2.24, 2.45) is 0 Å². The number of aromatic carboxylic acids is 1. The number of benzene rings is 2. The maximum atomic E-state index is 13.8. The highest BCUT2D eigenvalue weighted by Gasteiger charge is 2.32. The summed E-state index contributed by atoms with van der Waals surface area (Å²) in [5.41, 5.74) is -2.35. The molecule has 2 aromatic rings. The molecule has 2 aromatic carbocycles. The molecule has 0 saturated carbocycles. The van der Waals surface area contributed by atoms with Crippen molar-refractivity contribution >= 4 is 21.7 Å². The third kappa shape index (κ3) is 4.27. The molecule has 0 aliphatic heterocycles. The predicted octanol–water partition coefficient (Wildman–Crippen LogP) is 3.65. The van der Waals surface area contributed by atoms with Gasteiger partial charge in [0.1, 0.15) is 10.7 Å². The van der Waals surface area contributed by atoms with Crippen molar-refractivity contribution in [1.29, 1.82) is 0 Å². The van der Waals surface area contributed by atoms with E-state index in [1.807, 2.05) is 0 Å². The number of hydrogen-bond donors (Lipinski definition) is 2. The zero-order valence-corrected chi connectivity index (χ0v) is 13.4. The summed E-state index contributed by atoms with van der Waals surface area (Å²) in [4.78, 5) is 10.2. The first-order valence-corrected chi connectivity index (χ1v) is 8.13. The smallest absolute Gasteiger partial charge is 0.416 e. The van der Waals surface area contributed by atoms with Crippen LogP contribution >= 0.6 is 0 Å². The molecule has 25 heavy (non-hydrogen) atoms. The quantitative estimate of drug-likeness (QED) is 0.797. The normalized spacial score (nSPS) is 12.0. The Morgan fingerprint density at radius 3 is 2.32 bits per heavy atom. The molecule has 5 nitrogen and oxygen atoms in total. The molecule has 0 aromatic heterocycles. The molecular weight excluding hydrogens is 366 g/mol. The zero-order valence-electron chi connectivity index (χ0n) is 12.6. The van der Waals surface area contributed by atoms with Crippen LogP contribution in [0.2, 0.25) is 0 Å². The van der Waals surface area contributed by atoms with Gasteiger partial charge in [0.05, 0.1) is 16.8 Å². The molecule has 0 atom stereocenters. The summed E-state index contributed by atoms with van der Waals surface area (Å²) in [6.07, 6.45) is -4.89. The highest BCUT2D eigenvalue weighted by atomic mass is 32.2. The van der Waals surface area contributed by atoms with Gasteiger partial charge in [-0.1, -0.05) is 6.07 Å². The monoisotopic (exact) mass is 377 g/mol. The fourth-order valence-corrected chi connectivity index (χ4v) is 3.20. The van der Waals surface area contributed by atoms with Gasteiger partial charge in [-0.05, 0) is 42.8 Å². The number of aryl methyl sites for hydroxylation is 1. The summed E-state index contributed by atoms with van der Waals surface area (Å²) < 4.78 is 78.6. The second kappa shape index (κ2) is 6.36. The van der Waals surface area contributed by atoms with E-state index in [0.29, 0.717) is 23.8 Å². The minimum absolute atomic E-state index is 0.368. The molecule has 0 heterocycles. The standard InChI is InChI=1S/C15H11F4NO4S/c1-8-2-3-12(16)13(4-8)25(23,24)20-11-6-9(14(21)22)5-10(7-11)15(17,18)19/h2-7,20H,1H3,(H,21,22). The number of nitrogens with one attached hydrogen (secondary N) is 1. The molecule has 0 aliphatic carbocycles. The van der Waals surface area contributed by atoms with Crippen LogP contribution in [-0.4, -0.2) is 19.5 Å². The molecule has 0 aliphatic rings. The molecule has 0 radical (unpaired) electrons. The van der Waals surface area contributed by atoms with E-state index in [4.69, 9.17) is 5.11 Å². The van der Waals surface area contributed by atoms with Crippen LogP contribution in [0.1, 0.15) is 21.5 Å². The van der Waals surface area contributed by atoms with Gasteiger partial charge in [0, 0.05) is 0 Å². The summed E-state index contributed by atoms with van der Waals surface area (Å²) in [6.45, 7) is 1.51. The van der Waals surface area contributed by atoms with Gasteiger partial charge in [-0.3, -0.25) is 4.72 Å². The lowest BCUT2D eigenvalue weighted by Gasteiger charge is -2.13. The van der Waals surface area contributed by atoms with Crippen LogP contribution in [-0.2, 0) is 16.2 Å². The number of carboxylic acids is 1. The van der Waals surface area contributed by atoms with Crippen LogP contribution in [0.4, 0.5) is 23.2 Å². The number of halogens is 4. The largest absolute Gasteiger partial charge is 0.478 e. The summed E-state index contributed by atoms with van der Waals surface area (Å²) in [5, 5.41) is 8.89. The zero-order chi connectivity index (χ0) is 19.0. The van der Waals surface area contributed by atoms with E-state index in [1.165, 1.54) is 13.0 Å². The lowest BCUT2D eigenvalue weighted by molar-refractivity contribution is -0.137. The van der Waals surface area contributed by atoms with Crippen LogP contribution in [0.5, 0.6) is 0 Å². The Labute approximate surface area is 140 Å². The van der Waals surface area contributed by atoms with Crippen molar-refractivity contribution in [2.45, 2.75) is 18.0 Å². The Morgan fingerprint density at radius 1 is 1.12 bits per heavy atom. The first kappa shape index (κ1) is 18.7. The fraction of sp³-hybridized carbons (Fsp3) is 0.133. The van der Waals surface area contributed by atoms with Crippen molar-refractivity contribution in [2.75, 3.05) is 4.72 Å². The van der Waals surface area contributed by atoms with Gasteiger partial charge < -0.3 is 5.11 Å². The molecule has 0 bridgehead atoms. The highest BCUT2D eigenvalue weighted by molar-refractivity contribution is 7.92. The third-order valence-electron chi connectivity index (χ3n) is 3.14. The Bertz CT molecular complexity index is 939. The van der Waals surface area contributed by atoms with Crippen molar-refractivity contribution in [3.63, 3.8) is 0 Å². The number of carboxylic acid groups (broad SMARTS) is 1. The molecule has 0 spiro atoms. The molecule has 10 heteroatoms. The number of anilines is 1. The molecule has 0 unspecified atom stereocenters. The SMILES string of the molecule is Cc1ccc(F)c(S(=O)(=O)Nc2cc(C(=O)O)cc(C(F)(F)F)c2)c1. The maximum Gasteiger partial charge on any atom is 0.416 e. The van der Waals surface area contributed by atoms with Crippen molar-refractivity contribution in [1.82, 2.24) is 0 Å². The number of carbonyl (C=O) groups is 1. The van der Waals surface area contributed by atoms with Gasteiger partial charge in [0.2, 0.25) is 0 Å². The van der Waals surface area contributed by atoms with Gasteiger partial charge in [-0.25, -0.2) is 17.6 Å².